The van der Waals surface area contributed by atoms with Crippen LogP contribution in [0.5, 0.6) is 0 Å². The molecule has 0 unspecified atom stereocenters. The fourth-order valence-corrected chi connectivity index (χ4v) is 2.90. The average molecular weight is 276 g/mol. The minimum Gasteiger partial charge on any atom is -0.295 e. The Morgan fingerprint density at radius 2 is 2.06 bits per heavy atom. The molecule has 0 saturated heterocycles. The van der Waals surface area contributed by atoms with E-state index in [2.05, 4.69) is 4.72 Å². The second-order valence-corrected chi connectivity index (χ2v) is 5.74. The van der Waals surface area contributed by atoms with Crippen LogP contribution in [0.4, 0.5) is 0 Å². The molecule has 1 aromatic carbocycles. The third-order valence-corrected chi connectivity index (χ3v) is 4.11. The summed E-state index contributed by atoms with van der Waals surface area (Å²) in [6, 6.07) is 4.21. The van der Waals surface area contributed by atoms with E-state index in [0.717, 1.165) is 0 Å². The first-order valence-electron chi connectivity index (χ1n) is 5.18. The first-order chi connectivity index (χ1) is 7.88. The highest BCUT2D eigenvalue weighted by Crippen LogP contribution is 2.22. The van der Waals surface area contributed by atoms with Gasteiger partial charge in [0.25, 0.3) is 0 Å². The first-order valence-corrected chi connectivity index (χ1v) is 7.04. The predicted molar refractivity (Wildman–Crippen MR) is 66.9 cm³/mol. The van der Waals surface area contributed by atoms with E-state index in [1.54, 1.807) is 0 Å². The van der Waals surface area contributed by atoms with Gasteiger partial charge in [0.2, 0.25) is 10.0 Å². The lowest BCUT2D eigenvalue weighted by molar-refractivity contribution is 0.101. The van der Waals surface area contributed by atoms with Crippen LogP contribution in [-0.2, 0) is 10.0 Å². The molecule has 0 bridgehead atoms. The average Bonchev–Trinajstić information content (AvgIpc) is 2.26. The second kappa shape index (κ2) is 5.62. The van der Waals surface area contributed by atoms with Crippen LogP contribution >= 0.6 is 11.6 Å². The number of nitrogens with one attached hydrogen (secondary N) is 1. The van der Waals surface area contributed by atoms with Crippen molar-refractivity contribution in [2.75, 3.05) is 6.54 Å². The van der Waals surface area contributed by atoms with Gasteiger partial charge in [-0.05, 0) is 31.5 Å². The van der Waals surface area contributed by atoms with Crippen molar-refractivity contribution in [3.8, 4) is 0 Å². The van der Waals surface area contributed by atoms with E-state index >= 15 is 0 Å². The zero-order valence-electron chi connectivity index (χ0n) is 9.66. The number of Topliss-reactive ketones (excluding diaryl/α,β-unsaturated/α-hetero) is 1. The number of hydrogen-bond acceptors (Lipinski definition) is 3. The van der Waals surface area contributed by atoms with Crippen LogP contribution in [0.3, 0.4) is 0 Å². The predicted octanol–water partition coefficient (Wildman–Crippen LogP) is 2.23. The molecule has 94 valence electrons. The monoisotopic (exact) mass is 275 g/mol. The van der Waals surface area contributed by atoms with Gasteiger partial charge in [-0.1, -0.05) is 18.5 Å². The molecular weight excluding hydrogens is 262 g/mol. The maximum atomic E-state index is 11.9. The SMILES string of the molecule is CCCNS(=O)(=O)c1cc(C(C)=O)ccc1Cl. The van der Waals surface area contributed by atoms with Gasteiger partial charge in [-0.15, -0.1) is 0 Å². The zero-order chi connectivity index (χ0) is 13.1. The molecule has 1 N–H and O–H groups in total. The Morgan fingerprint density at radius 3 is 2.59 bits per heavy atom. The molecule has 0 heterocycles. The summed E-state index contributed by atoms with van der Waals surface area (Å²) in [7, 11) is -3.64. The molecule has 0 aliphatic heterocycles. The minimum absolute atomic E-state index is 0.0553. The van der Waals surface area contributed by atoms with Crippen LogP contribution in [0.25, 0.3) is 0 Å². The topological polar surface area (TPSA) is 63.2 Å². The smallest absolute Gasteiger partial charge is 0.242 e. The lowest BCUT2D eigenvalue weighted by atomic mass is 10.1. The molecule has 0 aliphatic rings. The zero-order valence-corrected chi connectivity index (χ0v) is 11.2. The number of carbonyl (C=O) groups excluding carboxylic acids is 1. The summed E-state index contributed by atoms with van der Waals surface area (Å²) in [5, 5.41) is 0.110. The van der Waals surface area contributed by atoms with E-state index < -0.39 is 10.0 Å². The Bertz CT molecular complexity index is 526. The number of rotatable bonds is 5. The van der Waals surface area contributed by atoms with Crippen molar-refractivity contribution in [2.45, 2.75) is 25.2 Å². The van der Waals surface area contributed by atoms with Crippen LogP contribution < -0.4 is 4.72 Å². The summed E-state index contributed by atoms with van der Waals surface area (Å²) in [6.45, 7) is 3.57. The van der Waals surface area contributed by atoms with Crippen LogP contribution in [-0.4, -0.2) is 20.7 Å². The standard InChI is InChI=1S/C11H14ClNO3S/c1-3-6-13-17(15,16)11-7-9(8(2)14)4-5-10(11)12/h4-5,7,13H,3,6H2,1-2H3. The van der Waals surface area contributed by atoms with Crippen LogP contribution in [0, 0.1) is 0 Å². The molecule has 0 radical (unpaired) electrons. The van der Waals surface area contributed by atoms with Gasteiger partial charge in [0.1, 0.15) is 4.90 Å². The van der Waals surface area contributed by atoms with Crippen molar-refractivity contribution in [3.63, 3.8) is 0 Å². The van der Waals surface area contributed by atoms with Crippen molar-refractivity contribution in [3.05, 3.63) is 28.8 Å². The highest BCUT2D eigenvalue weighted by atomic mass is 35.5. The lowest BCUT2D eigenvalue weighted by Crippen LogP contribution is -2.24. The van der Waals surface area contributed by atoms with Gasteiger partial charge in [-0.25, -0.2) is 13.1 Å². The summed E-state index contributed by atoms with van der Waals surface area (Å²) in [6.07, 6.45) is 0.684. The van der Waals surface area contributed by atoms with Crippen LogP contribution in [0.2, 0.25) is 5.02 Å². The third-order valence-electron chi connectivity index (χ3n) is 2.17. The Hall–Kier alpha value is -0.910. The summed E-state index contributed by atoms with van der Waals surface area (Å²) >= 11 is 5.83. The fraction of sp³-hybridized carbons (Fsp3) is 0.364. The molecule has 6 heteroatoms. The van der Waals surface area contributed by atoms with Gasteiger partial charge in [-0.3, -0.25) is 4.79 Å². The quantitative estimate of drug-likeness (QED) is 0.838. The Kier molecular flexibility index (Phi) is 4.68. The van der Waals surface area contributed by atoms with Crippen LogP contribution in [0.15, 0.2) is 23.1 Å². The number of benzene rings is 1. The normalized spacial score (nSPS) is 11.5. The number of carbonyl (C=O) groups is 1. The highest BCUT2D eigenvalue weighted by Gasteiger charge is 2.18. The summed E-state index contributed by atoms with van der Waals surface area (Å²) in [5.41, 5.74) is 0.325. The molecule has 0 saturated carbocycles. The Labute approximate surface area is 106 Å². The minimum atomic E-state index is -3.64. The summed E-state index contributed by atoms with van der Waals surface area (Å²) < 4.78 is 26.2. The van der Waals surface area contributed by atoms with Gasteiger partial charge in [0.05, 0.1) is 5.02 Å². The third kappa shape index (κ3) is 3.52. The molecule has 0 fully saturated rings. The number of hydrogen-bond donors (Lipinski definition) is 1. The highest BCUT2D eigenvalue weighted by molar-refractivity contribution is 7.89. The summed E-state index contributed by atoms with van der Waals surface area (Å²) in [5.74, 6) is -0.200. The molecule has 0 spiro atoms. The molecule has 0 aliphatic carbocycles. The molecule has 0 aromatic heterocycles. The largest absolute Gasteiger partial charge is 0.295 e. The van der Waals surface area contributed by atoms with Gasteiger partial charge in [0.15, 0.2) is 5.78 Å². The second-order valence-electron chi connectivity index (χ2n) is 3.60. The Morgan fingerprint density at radius 1 is 1.41 bits per heavy atom. The molecule has 17 heavy (non-hydrogen) atoms. The van der Waals surface area contributed by atoms with E-state index in [4.69, 9.17) is 11.6 Å². The van der Waals surface area contributed by atoms with Gasteiger partial charge >= 0.3 is 0 Å². The van der Waals surface area contributed by atoms with Crippen LogP contribution in [0.1, 0.15) is 30.6 Å². The van der Waals surface area contributed by atoms with E-state index in [1.165, 1.54) is 25.1 Å². The molecule has 4 nitrogen and oxygen atoms in total. The number of sulfonamides is 1. The Balaban J connectivity index is 3.20. The van der Waals surface area contributed by atoms with Crippen molar-refractivity contribution in [1.82, 2.24) is 4.72 Å². The molecule has 1 aromatic rings. The van der Waals surface area contributed by atoms with Crippen molar-refractivity contribution in [1.29, 1.82) is 0 Å². The molecule has 0 atom stereocenters. The first kappa shape index (κ1) is 14.2. The van der Waals surface area contributed by atoms with Gasteiger partial charge in [0, 0.05) is 12.1 Å². The van der Waals surface area contributed by atoms with Crippen molar-refractivity contribution >= 4 is 27.4 Å². The van der Waals surface area contributed by atoms with E-state index in [-0.39, 0.29) is 15.7 Å². The molecule has 1 rings (SSSR count). The maximum absolute atomic E-state index is 11.9. The lowest BCUT2D eigenvalue weighted by Gasteiger charge is -2.08. The summed E-state index contributed by atoms with van der Waals surface area (Å²) in [4.78, 5) is 11.1. The molecular formula is C11H14ClNO3S. The maximum Gasteiger partial charge on any atom is 0.242 e. The number of ketones is 1. The van der Waals surface area contributed by atoms with Crippen molar-refractivity contribution < 1.29 is 13.2 Å². The molecule has 0 amide bonds. The fourth-order valence-electron chi connectivity index (χ4n) is 1.24. The van der Waals surface area contributed by atoms with E-state index in [9.17, 15) is 13.2 Å². The van der Waals surface area contributed by atoms with Crippen molar-refractivity contribution in [2.24, 2.45) is 0 Å². The number of halogens is 1. The van der Waals surface area contributed by atoms with E-state index in [1.807, 2.05) is 6.92 Å². The van der Waals surface area contributed by atoms with Gasteiger partial charge in [-0.2, -0.15) is 0 Å². The van der Waals surface area contributed by atoms with Gasteiger partial charge < -0.3 is 0 Å². The van der Waals surface area contributed by atoms with E-state index in [0.29, 0.717) is 18.5 Å².